The number of carbonyl (C=O) groups is 1. The maximum atomic E-state index is 12.1. The summed E-state index contributed by atoms with van der Waals surface area (Å²) in [5.74, 6) is -0.00351. The van der Waals surface area contributed by atoms with Crippen molar-refractivity contribution >= 4 is 5.91 Å². The summed E-state index contributed by atoms with van der Waals surface area (Å²) in [6.07, 6.45) is 0.736. The second-order valence-electron chi connectivity index (χ2n) is 4.48. The van der Waals surface area contributed by atoms with Gasteiger partial charge in [0.1, 0.15) is 0 Å². The van der Waals surface area contributed by atoms with Crippen molar-refractivity contribution in [3.8, 4) is 0 Å². The molecule has 0 unspecified atom stereocenters. The zero-order valence-corrected chi connectivity index (χ0v) is 12.0. The Morgan fingerprint density at radius 2 is 1.95 bits per heavy atom. The fourth-order valence-electron chi connectivity index (χ4n) is 2.08. The van der Waals surface area contributed by atoms with E-state index < -0.39 is 0 Å². The Morgan fingerprint density at radius 1 is 1.26 bits per heavy atom. The molecule has 4 nitrogen and oxygen atoms in total. The van der Waals surface area contributed by atoms with E-state index >= 15 is 0 Å². The van der Waals surface area contributed by atoms with Crippen molar-refractivity contribution in [3.63, 3.8) is 0 Å². The van der Waals surface area contributed by atoms with E-state index in [-0.39, 0.29) is 5.91 Å². The van der Waals surface area contributed by atoms with E-state index in [2.05, 4.69) is 24.1 Å². The minimum absolute atomic E-state index is 0.00351. The molecule has 0 bridgehead atoms. The van der Waals surface area contributed by atoms with Gasteiger partial charge in [0.25, 0.3) is 5.91 Å². The molecular formula is C15H25N3O. The van der Waals surface area contributed by atoms with Gasteiger partial charge in [-0.05, 0) is 37.7 Å². The smallest absolute Gasteiger partial charge is 0.251 e. The Balaban J connectivity index is 2.53. The number of amides is 1. The van der Waals surface area contributed by atoms with Gasteiger partial charge in [-0.1, -0.05) is 32.0 Å². The predicted molar refractivity (Wildman–Crippen MR) is 79.3 cm³/mol. The normalized spacial score (nSPS) is 10.7. The second-order valence-corrected chi connectivity index (χ2v) is 4.48. The highest BCUT2D eigenvalue weighted by Gasteiger charge is 2.10. The van der Waals surface area contributed by atoms with Crippen LogP contribution in [0.15, 0.2) is 24.3 Å². The number of rotatable bonds is 8. The number of nitrogens with one attached hydrogen (secondary N) is 1. The summed E-state index contributed by atoms with van der Waals surface area (Å²) in [6.45, 7) is 8.40. The molecule has 1 aromatic rings. The number of nitrogens with zero attached hydrogens (tertiary/aromatic N) is 1. The maximum Gasteiger partial charge on any atom is 0.251 e. The molecule has 0 aliphatic rings. The molecular weight excluding hydrogens is 238 g/mol. The van der Waals surface area contributed by atoms with Crippen LogP contribution in [0.25, 0.3) is 0 Å². The minimum Gasteiger partial charge on any atom is -0.351 e. The summed E-state index contributed by atoms with van der Waals surface area (Å²) >= 11 is 0. The van der Waals surface area contributed by atoms with Gasteiger partial charge in [0.05, 0.1) is 0 Å². The minimum atomic E-state index is -0.00351. The number of likely N-dealkylation sites (N-methyl/N-ethyl adjacent to an activating group) is 1. The van der Waals surface area contributed by atoms with Gasteiger partial charge in [-0.2, -0.15) is 0 Å². The van der Waals surface area contributed by atoms with Crippen LogP contribution in [0.2, 0.25) is 0 Å². The van der Waals surface area contributed by atoms with E-state index in [9.17, 15) is 4.79 Å². The molecule has 1 aromatic carbocycles. The summed E-state index contributed by atoms with van der Waals surface area (Å²) in [5.41, 5.74) is 7.33. The van der Waals surface area contributed by atoms with Crippen molar-refractivity contribution < 1.29 is 4.79 Å². The first-order valence-corrected chi connectivity index (χ1v) is 7.01. The van der Waals surface area contributed by atoms with E-state index in [4.69, 9.17) is 5.73 Å². The summed E-state index contributed by atoms with van der Waals surface area (Å²) in [5, 5.41) is 2.98. The average molecular weight is 263 g/mol. The van der Waals surface area contributed by atoms with Crippen LogP contribution >= 0.6 is 0 Å². The van der Waals surface area contributed by atoms with Gasteiger partial charge in [0.2, 0.25) is 0 Å². The summed E-state index contributed by atoms with van der Waals surface area (Å²) in [6, 6.07) is 7.65. The van der Waals surface area contributed by atoms with Crippen LogP contribution in [0.3, 0.4) is 0 Å². The first-order chi connectivity index (χ1) is 9.22. The number of hydrogen-bond donors (Lipinski definition) is 2. The number of carbonyl (C=O) groups excluding carboxylic acids is 1. The lowest BCUT2D eigenvalue weighted by Crippen LogP contribution is -2.35. The van der Waals surface area contributed by atoms with Gasteiger partial charge in [-0.15, -0.1) is 0 Å². The van der Waals surface area contributed by atoms with Gasteiger partial charge in [-0.25, -0.2) is 0 Å². The van der Waals surface area contributed by atoms with Gasteiger partial charge in [-0.3, -0.25) is 4.79 Å². The molecule has 1 rings (SSSR count). The Hall–Kier alpha value is -1.39. The maximum absolute atomic E-state index is 12.1. The lowest BCUT2D eigenvalue weighted by molar-refractivity contribution is 0.0948. The van der Waals surface area contributed by atoms with E-state index in [0.717, 1.165) is 37.2 Å². The van der Waals surface area contributed by atoms with Crippen LogP contribution in [0.1, 0.15) is 29.8 Å². The highest BCUT2D eigenvalue weighted by molar-refractivity contribution is 5.95. The zero-order chi connectivity index (χ0) is 14.1. The molecule has 0 aromatic heterocycles. The zero-order valence-electron chi connectivity index (χ0n) is 12.0. The highest BCUT2D eigenvalue weighted by Crippen LogP contribution is 2.08. The molecule has 4 heteroatoms. The van der Waals surface area contributed by atoms with Gasteiger partial charge >= 0.3 is 0 Å². The van der Waals surface area contributed by atoms with Gasteiger partial charge < -0.3 is 16.0 Å². The van der Waals surface area contributed by atoms with Gasteiger partial charge in [0, 0.05) is 18.7 Å². The summed E-state index contributed by atoms with van der Waals surface area (Å²) in [4.78, 5) is 14.4. The second kappa shape index (κ2) is 8.67. The first-order valence-electron chi connectivity index (χ1n) is 7.01. The molecule has 19 heavy (non-hydrogen) atoms. The van der Waals surface area contributed by atoms with Crippen LogP contribution in [0, 0.1) is 0 Å². The lowest BCUT2D eigenvalue weighted by atomic mass is 10.0. The van der Waals surface area contributed by atoms with E-state index in [1.54, 1.807) is 0 Å². The van der Waals surface area contributed by atoms with Gasteiger partial charge in [0.15, 0.2) is 0 Å². The predicted octanol–water partition coefficient (Wildman–Crippen LogP) is 1.26. The molecule has 3 N–H and O–H groups in total. The monoisotopic (exact) mass is 263 g/mol. The topological polar surface area (TPSA) is 58.4 Å². The molecule has 106 valence electrons. The van der Waals surface area contributed by atoms with Crippen molar-refractivity contribution in [2.24, 2.45) is 5.73 Å². The lowest BCUT2D eigenvalue weighted by Gasteiger charge is -2.18. The van der Waals surface area contributed by atoms with Crippen LogP contribution in [0.4, 0.5) is 0 Å². The third-order valence-electron chi connectivity index (χ3n) is 3.28. The Kier molecular flexibility index (Phi) is 7.15. The SMILES string of the molecule is CCN(CC)CCNC(=O)c1ccccc1CCN. The standard InChI is InChI=1S/C15H25N3O/c1-3-18(4-2)12-11-17-15(19)14-8-6-5-7-13(14)9-10-16/h5-8H,3-4,9-12,16H2,1-2H3,(H,17,19). The third kappa shape index (κ3) is 5.01. The molecule has 0 aliphatic heterocycles. The van der Waals surface area contributed by atoms with E-state index in [1.165, 1.54) is 0 Å². The molecule has 0 radical (unpaired) electrons. The van der Waals surface area contributed by atoms with Crippen LogP contribution in [-0.4, -0.2) is 43.5 Å². The Morgan fingerprint density at radius 3 is 2.58 bits per heavy atom. The average Bonchev–Trinajstić information content (AvgIpc) is 2.44. The highest BCUT2D eigenvalue weighted by atomic mass is 16.1. The van der Waals surface area contributed by atoms with E-state index in [0.29, 0.717) is 13.1 Å². The molecule has 0 atom stereocenters. The van der Waals surface area contributed by atoms with Crippen LogP contribution in [0.5, 0.6) is 0 Å². The quantitative estimate of drug-likeness (QED) is 0.742. The number of nitrogens with two attached hydrogens (primary N) is 1. The van der Waals surface area contributed by atoms with Crippen molar-refractivity contribution in [3.05, 3.63) is 35.4 Å². The number of benzene rings is 1. The Bertz CT molecular complexity index is 389. The summed E-state index contributed by atoms with van der Waals surface area (Å²) in [7, 11) is 0. The third-order valence-corrected chi connectivity index (χ3v) is 3.28. The van der Waals surface area contributed by atoms with Crippen LogP contribution in [-0.2, 0) is 6.42 Å². The first kappa shape index (κ1) is 15.7. The molecule has 0 saturated carbocycles. The molecule has 0 saturated heterocycles. The van der Waals surface area contributed by atoms with Crippen LogP contribution < -0.4 is 11.1 Å². The van der Waals surface area contributed by atoms with Crippen molar-refractivity contribution in [1.29, 1.82) is 0 Å². The van der Waals surface area contributed by atoms with Crippen molar-refractivity contribution in [1.82, 2.24) is 10.2 Å². The molecule has 0 heterocycles. The summed E-state index contributed by atoms with van der Waals surface area (Å²) < 4.78 is 0. The van der Waals surface area contributed by atoms with E-state index in [1.807, 2.05) is 24.3 Å². The fourth-order valence-corrected chi connectivity index (χ4v) is 2.08. The van der Waals surface area contributed by atoms with Crippen molar-refractivity contribution in [2.75, 3.05) is 32.7 Å². The molecule has 0 spiro atoms. The fraction of sp³-hybridized carbons (Fsp3) is 0.533. The number of hydrogen-bond acceptors (Lipinski definition) is 3. The molecule has 0 fully saturated rings. The Labute approximate surface area is 116 Å². The largest absolute Gasteiger partial charge is 0.351 e. The molecule has 0 aliphatic carbocycles. The van der Waals surface area contributed by atoms with Crippen molar-refractivity contribution in [2.45, 2.75) is 20.3 Å². The molecule has 1 amide bonds.